The number of rotatable bonds is 3. The van der Waals surface area contributed by atoms with Crippen molar-refractivity contribution in [3.05, 3.63) is 60.3 Å². The zero-order valence-electron chi connectivity index (χ0n) is 12.8. The molecule has 0 atom stereocenters. The minimum absolute atomic E-state index is 0.139. The minimum Gasteiger partial charge on any atom is -0.423 e. The minimum atomic E-state index is -0.345. The smallest absolute Gasteiger partial charge is 0.302 e. The molecule has 2 heterocycles. The van der Waals surface area contributed by atoms with Crippen molar-refractivity contribution in [3.63, 3.8) is 0 Å². The molecule has 4 rings (SSSR count). The van der Waals surface area contributed by atoms with Gasteiger partial charge in [0, 0.05) is 12.6 Å². The van der Waals surface area contributed by atoms with Crippen LogP contribution in [0.25, 0.3) is 22.4 Å². The predicted octanol–water partition coefficient (Wildman–Crippen LogP) is 2.88. The molecule has 4 aromatic rings. The van der Waals surface area contributed by atoms with E-state index in [4.69, 9.17) is 4.42 Å². The fraction of sp³-hybridized carbons (Fsp3) is 0.0588. The molecule has 0 aliphatic carbocycles. The summed E-state index contributed by atoms with van der Waals surface area (Å²) in [5.74, 6) is 0.242. The monoisotopic (exact) mass is 319 g/mol. The molecule has 0 aliphatic rings. The number of benzene rings is 2. The van der Waals surface area contributed by atoms with Gasteiger partial charge in [-0.15, -0.1) is 5.10 Å². The molecule has 118 valence electrons. The fourth-order valence-electron chi connectivity index (χ4n) is 2.47. The lowest BCUT2D eigenvalue weighted by atomic mass is 10.1. The van der Waals surface area contributed by atoms with Crippen LogP contribution in [0, 0.1) is 0 Å². The Bertz CT molecular complexity index is 1020. The number of nitrogens with zero attached hydrogens (tertiary/aromatic N) is 4. The summed E-state index contributed by atoms with van der Waals surface area (Å²) < 4.78 is 7.21. The number of oxazole rings is 1. The molecular formula is C17H13N5O2. The number of hydrogen-bond acceptors (Lipinski definition) is 5. The molecule has 7 nitrogen and oxygen atoms in total. The van der Waals surface area contributed by atoms with Crippen molar-refractivity contribution in [1.29, 1.82) is 0 Å². The predicted molar refractivity (Wildman–Crippen MR) is 88.4 cm³/mol. The number of carbonyl (C=O) groups excluding carboxylic acids is 1. The molecule has 0 unspecified atom stereocenters. The summed E-state index contributed by atoms with van der Waals surface area (Å²) in [5, 5.41) is 10.6. The Hall–Kier alpha value is -3.48. The van der Waals surface area contributed by atoms with Crippen molar-refractivity contribution in [2.24, 2.45) is 7.05 Å². The third kappa shape index (κ3) is 2.41. The second-order valence-corrected chi connectivity index (χ2v) is 5.24. The molecule has 7 heteroatoms. The summed E-state index contributed by atoms with van der Waals surface area (Å²) in [4.78, 5) is 16.6. The van der Waals surface area contributed by atoms with Gasteiger partial charge in [-0.3, -0.25) is 10.1 Å². The first-order valence-corrected chi connectivity index (χ1v) is 7.33. The Balaban J connectivity index is 1.61. The van der Waals surface area contributed by atoms with Gasteiger partial charge in [0.15, 0.2) is 5.76 Å². The standard InChI is InChI=1S/C17H13N5O2/c1-22-13-9-5-8-12(15(13)20-21-22)16(23)19-17-18-10-14(24-17)11-6-3-2-4-7-11/h2-10H,1H3,(H,18,19,23). The van der Waals surface area contributed by atoms with Crippen molar-refractivity contribution in [3.8, 4) is 11.3 Å². The van der Waals surface area contributed by atoms with Gasteiger partial charge in [-0.2, -0.15) is 0 Å². The Morgan fingerprint density at radius 2 is 1.96 bits per heavy atom. The highest BCUT2D eigenvalue weighted by Gasteiger charge is 2.16. The number of fused-ring (bicyclic) bond motifs is 1. The molecule has 2 aromatic carbocycles. The molecule has 0 radical (unpaired) electrons. The Kier molecular flexibility index (Phi) is 3.31. The molecule has 0 saturated carbocycles. The molecule has 1 N–H and O–H groups in total. The van der Waals surface area contributed by atoms with Crippen LogP contribution in [0.4, 0.5) is 6.01 Å². The van der Waals surface area contributed by atoms with Crippen molar-refractivity contribution < 1.29 is 9.21 Å². The van der Waals surface area contributed by atoms with Gasteiger partial charge < -0.3 is 4.42 Å². The molecule has 0 saturated heterocycles. The Morgan fingerprint density at radius 1 is 1.12 bits per heavy atom. The van der Waals surface area contributed by atoms with E-state index in [1.807, 2.05) is 36.4 Å². The highest BCUT2D eigenvalue weighted by atomic mass is 16.4. The van der Waals surface area contributed by atoms with E-state index < -0.39 is 0 Å². The first-order chi connectivity index (χ1) is 11.7. The number of hydrogen-bond donors (Lipinski definition) is 1. The van der Waals surface area contributed by atoms with Gasteiger partial charge >= 0.3 is 6.01 Å². The van der Waals surface area contributed by atoms with Gasteiger partial charge in [0.05, 0.1) is 17.3 Å². The summed E-state index contributed by atoms with van der Waals surface area (Å²) in [6, 6.07) is 15.0. The largest absolute Gasteiger partial charge is 0.423 e. The number of carbonyl (C=O) groups is 1. The van der Waals surface area contributed by atoms with E-state index in [0.717, 1.165) is 11.1 Å². The third-order valence-corrected chi connectivity index (χ3v) is 3.67. The van der Waals surface area contributed by atoms with E-state index in [-0.39, 0.29) is 11.9 Å². The van der Waals surface area contributed by atoms with Gasteiger partial charge in [-0.1, -0.05) is 41.6 Å². The second kappa shape index (κ2) is 5.62. The maximum atomic E-state index is 12.5. The van der Waals surface area contributed by atoms with E-state index in [1.54, 1.807) is 30.1 Å². The molecule has 2 aromatic heterocycles. The SMILES string of the molecule is Cn1nnc2c(C(=O)Nc3ncc(-c4ccccc4)o3)cccc21. The van der Waals surface area contributed by atoms with Crippen LogP contribution in [0.1, 0.15) is 10.4 Å². The zero-order valence-corrected chi connectivity index (χ0v) is 12.8. The first kappa shape index (κ1) is 14.1. The topological polar surface area (TPSA) is 85.8 Å². The number of aromatic nitrogens is 4. The van der Waals surface area contributed by atoms with Gasteiger partial charge in [-0.05, 0) is 12.1 Å². The molecule has 0 aliphatic heterocycles. The Labute approximate surface area is 136 Å². The van der Waals surface area contributed by atoms with Crippen LogP contribution in [0.3, 0.4) is 0 Å². The van der Waals surface area contributed by atoms with E-state index in [1.165, 1.54) is 0 Å². The highest BCUT2D eigenvalue weighted by Crippen LogP contribution is 2.23. The van der Waals surface area contributed by atoms with Crippen LogP contribution >= 0.6 is 0 Å². The van der Waals surface area contributed by atoms with E-state index in [0.29, 0.717) is 16.8 Å². The molecule has 24 heavy (non-hydrogen) atoms. The second-order valence-electron chi connectivity index (χ2n) is 5.24. The van der Waals surface area contributed by atoms with Gasteiger partial charge in [-0.25, -0.2) is 9.67 Å². The van der Waals surface area contributed by atoms with Gasteiger partial charge in [0.25, 0.3) is 5.91 Å². The van der Waals surface area contributed by atoms with Gasteiger partial charge in [0.1, 0.15) is 5.52 Å². The average molecular weight is 319 g/mol. The van der Waals surface area contributed by atoms with E-state index in [2.05, 4.69) is 20.6 Å². The summed E-state index contributed by atoms with van der Waals surface area (Å²) in [6.45, 7) is 0. The van der Waals surface area contributed by atoms with Crippen LogP contribution in [-0.2, 0) is 7.05 Å². The quantitative estimate of drug-likeness (QED) is 0.627. The van der Waals surface area contributed by atoms with Crippen LogP contribution < -0.4 is 5.32 Å². The first-order valence-electron chi connectivity index (χ1n) is 7.33. The summed E-state index contributed by atoms with van der Waals surface area (Å²) in [5.41, 5.74) is 2.62. The van der Waals surface area contributed by atoms with E-state index in [9.17, 15) is 4.79 Å². The van der Waals surface area contributed by atoms with Crippen LogP contribution in [-0.4, -0.2) is 25.9 Å². The number of aryl methyl sites for hydroxylation is 1. The summed E-state index contributed by atoms with van der Waals surface area (Å²) in [7, 11) is 1.78. The fourth-order valence-corrected chi connectivity index (χ4v) is 2.47. The number of anilines is 1. The summed E-state index contributed by atoms with van der Waals surface area (Å²) in [6.07, 6.45) is 1.58. The normalized spacial score (nSPS) is 10.9. The lowest BCUT2D eigenvalue weighted by molar-refractivity contribution is 0.102. The average Bonchev–Trinajstić information content (AvgIpc) is 3.23. The lowest BCUT2D eigenvalue weighted by Gasteiger charge is -2.02. The molecule has 0 spiro atoms. The van der Waals surface area contributed by atoms with Crippen molar-refractivity contribution >= 4 is 23.0 Å². The third-order valence-electron chi connectivity index (χ3n) is 3.67. The van der Waals surface area contributed by atoms with Crippen LogP contribution in [0.15, 0.2) is 59.1 Å². The van der Waals surface area contributed by atoms with Crippen molar-refractivity contribution in [1.82, 2.24) is 20.0 Å². The molecule has 1 amide bonds. The van der Waals surface area contributed by atoms with Crippen LogP contribution in [0.2, 0.25) is 0 Å². The molecule has 0 bridgehead atoms. The maximum Gasteiger partial charge on any atom is 0.302 e. The lowest BCUT2D eigenvalue weighted by Crippen LogP contribution is -2.12. The van der Waals surface area contributed by atoms with Crippen LogP contribution in [0.5, 0.6) is 0 Å². The molecule has 0 fully saturated rings. The van der Waals surface area contributed by atoms with Gasteiger partial charge in [0.2, 0.25) is 0 Å². The highest BCUT2D eigenvalue weighted by molar-refractivity contribution is 6.10. The Morgan fingerprint density at radius 3 is 2.79 bits per heavy atom. The number of amides is 1. The van der Waals surface area contributed by atoms with E-state index >= 15 is 0 Å². The molecular weight excluding hydrogens is 306 g/mol. The zero-order chi connectivity index (χ0) is 16.5. The van der Waals surface area contributed by atoms with Crippen molar-refractivity contribution in [2.75, 3.05) is 5.32 Å². The summed E-state index contributed by atoms with van der Waals surface area (Å²) >= 11 is 0. The maximum absolute atomic E-state index is 12.5. The number of nitrogens with one attached hydrogen (secondary N) is 1. The van der Waals surface area contributed by atoms with Crippen molar-refractivity contribution in [2.45, 2.75) is 0 Å².